The van der Waals surface area contributed by atoms with Crippen LogP contribution in [0.15, 0.2) is 30.3 Å². The maximum Gasteiger partial charge on any atom is 0.232 e. The monoisotopic (exact) mass is 197 g/mol. The number of nitrogens with zero attached hydrogens (tertiary/aromatic N) is 1. The zero-order valence-electron chi connectivity index (χ0n) is 8.04. The summed E-state index contributed by atoms with van der Waals surface area (Å²) in [5.74, 6) is 0. The molecule has 0 aliphatic heterocycles. The quantitative estimate of drug-likeness (QED) is 0.500. The molecule has 0 spiro atoms. The van der Waals surface area contributed by atoms with Gasteiger partial charge in [-0.2, -0.15) is 0 Å². The first-order valence-electron chi connectivity index (χ1n) is 4.83. The number of hydrogen-bond donors (Lipinski definition) is 0. The summed E-state index contributed by atoms with van der Waals surface area (Å²) in [4.78, 5) is 0. The standard InChI is InChI=1S/C11H16ClN/c1-2-3-7-10-13(12)11-8-5-4-6-9-11/h4-6,8-9H,2-3,7,10H2,1H3/q+1. The molecule has 0 saturated heterocycles. The van der Waals surface area contributed by atoms with Gasteiger partial charge in [0.15, 0.2) is 0 Å². The molecule has 1 aromatic carbocycles. The highest BCUT2D eigenvalue weighted by molar-refractivity contribution is 6.18. The van der Waals surface area contributed by atoms with E-state index in [1.165, 1.54) is 12.8 Å². The molecule has 0 unspecified atom stereocenters. The van der Waals surface area contributed by atoms with Crippen LogP contribution in [0.25, 0.3) is 0 Å². The van der Waals surface area contributed by atoms with E-state index < -0.39 is 0 Å². The molecule has 0 aliphatic carbocycles. The lowest BCUT2D eigenvalue weighted by Gasteiger charge is -2.00. The molecule has 0 aromatic heterocycles. The SMILES string of the molecule is CCCCC[N+](Cl)c1ccccc1. The van der Waals surface area contributed by atoms with E-state index in [4.69, 9.17) is 11.8 Å². The van der Waals surface area contributed by atoms with Crippen molar-refractivity contribution in [3.05, 3.63) is 30.3 Å². The Morgan fingerprint density at radius 1 is 1.15 bits per heavy atom. The maximum absolute atomic E-state index is 6.08. The Hall–Kier alpha value is -0.530. The summed E-state index contributed by atoms with van der Waals surface area (Å²) < 4.78 is 1.79. The van der Waals surface area contributed by atoms with E-state index in [0.29, 0.717) is 0 Å². The van der Waals surface area contributed by atoms with Gasteiger partial charge in [-0.3, -0.25) is 0 Å². The third kappa shape index (κ3) is 3.79. The first-order chi connectivity index (χ1) is 6.34. The topological polar surface area (TPSA) is 5.90 Å². The van der Waals surface area contributed by atoms with E-state index in [9.17, 15) is 0 Å². The minimum Gasteiger partial charge on any atom is -0.0654 e. The lowest BCUT2D eigenvalue weighted by Crippen LogP contribution is -2.12. The first kappa shape index (κ1) is 10.6. The second-order valence-corrected chi connectivity index (χ2v) is 3.54. The summed E-state index contributed by atoms with van der Waals surface area (Å²) >= 11 is 6.08. The summed E-state index contributed by atoms with van der Waals surface area (Å²) in [5.41, 5.74) is 1.08. The molecular weight excluding hydrogens is 182 g/mol. The number of rotatable bonds is 5. The summed E-state index contributed by atoms with van der Waals surface area (Å²) in [6.07, 6.45) is 3.64. The molecule has 0 bridgehead atoms. The fourth-order valence-corrected chi connectivity index (χ4v) is 1.45. The molecule has 0 atom stereocenters. The molecule has 0 amide bonds. The van der Waals surface area contributed by atoms with Crippen molar-refractivity contribution in [2.45, 2.75) is 26.2 Å². The van der Waals surface area contributed by atoms with Gasteiger partial charge in [0.25, 0.3) is 0 Å². The van der Waals surface area contributed by atoms with Gasteiger partial charge in [-0.1, -0.05) is 31.5 Å². The van der Waals surface area contributed by atoms with Crippen LogP contribution in [-0.2, 0) is 0 Å². The third-order valence-corrected chi connectivity index (χ3v) is 2.36. The molecule has 0 aliphatic rings. The van der Waals surface area contributed by atoms with Crippen molar-refractivity contribution in [2.24, 2.45) is 0 Å². The van der Waals surface area contributed by atoms with Gasteiger partial charge < -0.3 is 0 Å². The molecule has 2 heteroatoms. The molecule has 0 N–H and O–H groups in total. The predicted molar refractivity (Wildman–Crippen MR) is 58.5 cm³/mol. The Morgan fingerprint density at radius 2 is 1.85 bits per heavy atom. The minimum atomic E-state index is 0.930. The number of benzene rings is 1. The van der Waals surface area contributed by atoms with Crippen LogP contribution in [0.1, 0.15) is 26.2 Å². The average molecular weight is 198 g/mol. The predicted octanol–water partition coefficient (Wildman–Crippen LogP) is 3.80. The van der Waals surface area contributed by atoms with Crippen molar-refractivity contribution >= 4 is 17.5 Å². The average Bonchev–Trinajstić information content (AvgIpc) is 2.19. The van der Waals surface area contributed by atoms with Crippen LogP contribution in [0.2, 0.25) is 0 Å². The Balaban J connectivity index is 2.35. The van der Waals surface area contributed by atoms with Gasteiger partial charge in [-0.05, 0) is 10.8 Å². The van der Waals surface area contributed by atoms with E-state index in [0.717, 1.165) is 18.7 Å². The van der Waals surface area contributed by atoms with Gasteiger partial charge in [0, 0.05) is 18.6 Å². The van der Waals surface area contributed by atoms with Gasteiger partial charge in [0.2, 0.25) is 17.5 Å². The zero-order valence-corrected chi connectivity index (χ0v) is 8.80. The van der Waals surface area contributed by atoms with Crippen LogP contribution in [0, 0.1) is 0 Å². The summed E-state index contributed by atoms with van der Waals surface area (Å²) in [7, 11) is 0. The number of anilines is 1. The molecular formula is C11H16ClN+. The van der Waals surface area contributed by atoms with Crippen LogP contribution in [-0.4, -0.2) is 6.54 Å². The maximum atomic E-state index is 6.08. The molecule has 1 aromatic rings. The minimum absolute atomic E-state index is 0.930. The van der Waals surface area contributed by atoms with Crippen molar-refractivity contribution in [3.8, 4) is 0 Å². The van der Waals surface area contributed by atoms with Gasteiger partial charge in [-0.15, -0.1) is 0 Å². The smallest absolute Gasteiger partial charge is 0.0654 e. The number of halogens is 1. The van der Waals surface area contributed by atoms with Gasteiger partial charge >= 0.3 is 0 Å². The molecule has 13 heavy (non-hydrogen) atoms. The summed E-state index contributed by atoms with van der Waals surface area (Å²) in [5, 5.41) is 0. The number of unbranched alkanes of at least 4 members (excludes halogenated alkanes) is 2. The van der Waals surface area contributed by atoms with Gasteiger partial charge in [0.05, 0.1) is 0 Å². The van der Waals surface area contributed by atoms with Crippen molar-refractivity contribution in [2.75, 3.05) is 6.54 Å². The first-order valence-corrected chi connectivity index (χ1v) is 5.16. The molecule has 1 rings (SSSR count). The second-order valence-electron chi connectivity index (χ2n) is 3.13. The van der Waals surface area contributed by atoms with Crippen molar-refractivity contribution in [1.82, 2.24) is 4.42 Å². The van der Waals surface area contributed by atoms with E-state index in [1.807, 2.05) is 30.3 Å². The number of para-hydroxylation sites is 1. The lowest BCUT2D eigenvalue weighted by molar-refractivity contribution is 0.646. The van der Waals surface area contributed by atoms with Crippen LogP contribution >= 0.6 is 11.8 Å². The van der Waals surface area contributed by atoms with Crippen molar-refractivity contribution < 1.29 is 0 Å². The van der Waals surface area contributed by atoms with Crippen LogP contribution in [0.3, 0.4) is 0 Å². The molecule has 0 saturated carbocycles. The second kappa shape index (κ2) is 6.01. The van der Waals surface area contributed by atoms with E-state index in [-0.39, 0.29) is 0 Å². The molecule has 1 radical (unpaired) electrons. The normalized spacial score (nSPS) is 10.7. The highest BCUT2D eigenvalue weighted by Gasteiger charge is 2.14. The fourth-order valence-electron chi connectivity index (χ4n) is 1.22. The number of hydrogen-bond acceptors (Lipinski definition) is 1. The van der Waals surface area contributed by atoms with Crippen LogP contribution in [0.5, 0.6) is 0 Å². The highest BCUT2D eigenvalue weighted by Crippen LogP contribution is 2.15. The Morgan fingerprint density at radius 3 is 2.46 bits per heavy atom. The van der Waals surface area contributed by atoms with Gasteiger partial charge in [-0.25, -0.2) is 0 Å². The van der Waals surface area contributed by atoms with Crippen LogP contribution < -0.4 is 4.42 Å². The Kier molecular flexibility index (Phi) is 4.87. The van der Waals surface area contributed by atoms with E-state index in [1.54, 1.807) is 4.42 Å². The third-order valence-electron chi connectivity index (χ3n) is 1.99. The summed E-state index contributed by atoms with van der Waals surface area (Å²) in [6, 6.07) is 10.1. The molecule has 0 heterocycles. The Bertz CT molecular complexity index is 223. The van der Waals surface area contributed by atoms with E-state index in [2.05, 4.69) is 6.92 Å². The lowest BCUT2D eigenvalue weighted by atomic mass is 10.2. The van der Waals surface area contributed by atoms with E-state index >= 15 is 0 Å². The molecule has 71 valence electrons. The molecule has 1 nitrogen and oxygen atoms in total. The van der Waals surface area contributed by atoms with Crippen molar-refractivity contribution in [3.63, 3.8) is 0 Å². The van der Waals surface area contributed by atoms with Crippen LogP contribution in [0.4, 0.5) is 5.69 Å². The molecule has 0 fully saturated rings. The summed E-state index contributed by atoms with van der Waals surface area (Å²) in [6.45, 7) is 3.13. The zero-order chi connectivity index (χ0) is 9.52. The largest absolute Gasteiger partial charge is 0.232 e. The Labute approximate surface area is 85.4 Å². The van der Waals surface area contributed by atoms with Gasteiger partial charge in [0.1, 0.15) is 6.54 Å². The fraction of sp³-hybridized carbons (Fsp3) is 0.455. The van der Waals surface area contributed by atoms with Crippen molar-refractivity contribution in [1.29, 1.82) is 0 Å². The highest BCUT2D eigenvalue weighted by atomic mass is 35.5.